The Morgan fingerprint density at radius 3 is 1.12 bits per heavy atom. The van der Waals surface area contributed by atoms with E-state index in [2.05, 4.69) is 179 Å². The fourth-order valence-electron chi connectivity index (χ4n) is 7.35. The van der Waals surface area contributed by atoms with Crippen LogP contribution in [0.1, 0.15) is 0 Å². The lowest BCUT2D eigenvalue weighted by molar-refractivity contribution is 0.893. The van der Waals surface area contributed by atoms with Gasteiger partial charge in [0.05, 0.1) is 22.1 Å². The summed E-state index contributed by atoms with van der Waals surface area (Å²) in [5.74, 6) is 1.74. The monoisotopic (exact) mass is 639 g/mol. The Kier molecular flexibility index (Phi) is 6.42. The smallest absolute Gasteiger partial charge is 0.240 e. The molecule has 50 heavy (non-hydrogen) atoms. The Morgan fingerprint density at radius 2 is 0.640 bits per heavy atom. The fourth-order valence-corrected chi connectivity index (χ4v) is 7.35. The third-order valence-electron chi connectivity index (χ3n) is 9.64. The van der Waals surface area contributed by atoms with Crippen LogP contribution in [0.3, 0.4) is 0 Å². The summed E-state index contributed by atoms with van der Waals surface area (Å²) in [5.41, 5.74) is 9.63. The third-order valence-corrected chi connectivity index (χ3v) is 9.64. The van der Waals surface area contributed by atoms with Crippen molar-refractivity contribution in [3.8, 4) is 45.5 Å². The van der Waals surface area contributed by atoms with Crippen molar-refractivity contribution in [3.63, 3.8) is 0 Å². The highest BCUT2D eigenvalue weighted by Gasteiger charge is 2.21. The van der Waals surface area contributed by atoms with E-state index < -0.39 is 0 Å². The molecule has 0 atom stereocenters. The second-order valence-electron chi connectivity index (χ2n) is 12.5. The first-order valence-electron chi connectivity index (χ1n) is 16.8. The van der Waals surface area contributed by atoms with Crippen LogP contribution in [-0.4, -0.2) is 24.1 Å². The molecule has 0 saturated heterocycles. The highest BCUT2D eigenvalue weighted by molar-refractivity contribution is 6.10. The highest BCUT2D eigenvalue weighted by Crippen LogP contribution is 2.36. The number of fused-ring (bicyclic) bond motifs is 6. The molecule has 0 aliphatic rings. The molecule has 0 aliphatic heterocycles. The van der Waals surface area contributed by atoms with Gasteiger partial charge < -0.3 is 0 Å². The second-order valence-corrected chi connectivity index (χ2v) is 12.5. The van der Waals surface area contributed by atoms with Gasteiger partial charge in [-0.3, -0.25) is 9.13 Å². The highest BCUT2D eigenvalue weighted by atomic mass is 15.3. The molecule has 5 heteroatoms. The quantitative estimate of drug-likeness (QED) is 0.188. The maximum Gasteiger partial charge on any atom is 0.240 e. The average Bonchev–Trinajstić information content (AvgIpc) is 3.71. The van der Waals surface area contributed by atoms with E-state index in [1.54, 1.807) is 0 Å². The molecule has 3 aromatic heterocycles. The van der Waals surface area contributed by atoms with Crippen LogP contribution in [0.25, 0.3) is 89.2 Å². The predicted molar refractivity (Wildman–Crippen MR) is 205 cm³/mol. The van der Waals surface area contributed by atoms with Crippen LogP contribution in [0.2, 0.25) is 0 Å². The van der Waals surface area contributed by atoms with Crippen LogP contribution in [0.5, 0.6) is 0 Å². The minimum Gasteiger partial charge on any atom is -0.278 e. The van der Waals surface area contributed by atoms with Crippen molar-refractivity contribution >= 4 is 43.6 Å². The molecule has 5 nitrogen and oxygen atoms in total. The third kappa shape index (κ3) is 4.45. The molecule has 0 unspecified atom stereocenters. The van der Waals surface area contributed by atoms with Crippen LogP contribution in [0.15, 0.2) is 176 Å². The Labute approximate surface area is 288 Å². The molecule has 10 aromatic rings. The first-order chi connectivity index (χ1) is 24.8. The van der Waals surface area contributed by atoms with Crippen molar-refractivity contribution in [2.24, 2.45) is 0 Å². The lowest BCUT2D eigenvalue weighted by Crippen LogP contribution is -2.10. The molecule has 0 bridgehead atoms. The summed E-state index contributed by atoms with van der Waals surface area (Å²) >= 11 is 0. The zero-order valence-corrected chi connectivity index (χ0v) is 27.0. The number of benzene rings is 7. The molecule has 3 heterocycles. The first-order valence-corrected chi connectivity index (χ1v) is 16.8. The van der Waals surface area contributed by atoms with Gasteiger partial charge >= 0.3 is 0 Å². The van der Waals surface area contributed by atoms with E-state index in [-0.39, 0.29) is 0 Å². The molecule has 0 radical (unpaired) electrons. The number of hydrogen-bond donors (Lipinski definition) is 0. The summed E-state index contributed by atoms with van der Waals surface area (Å²) in [6, 6.07) is 61.4. The fraction of sp³-hybridized carbons (Fsp3) is 0. The van der Waals surface area contributed by atoms with Gasteiger partial charge in [-0.1, -0.05) is 152 Å². The van der Waals surface area contributed by atoms with Gasteiger partial charge in [-0.25, -0.2) is 0 Å². The Morgan fingerprint density at radius 1 is 0.280 bits per heavy atom. The molecular formula is C45H29N5. The van der Waals surface area contributed by atoms with E-state index in [1.165, 1.54) is 11.1 Å². The van der Waals surface area contributed by atoms with Gasteiger partial charge in [0.1, 0.15) is 0 Å². The van der Waals surface area contributed by atoms with Gasteiger partial charge in [-0.05, 0) is 46.5 Å². The maximum absolute atomic E-state index is 5.30. The van der Waals surface area contributed by atoms with Crippen LogP contribution < -0.4 is 0 Å². The van der Waals surface area contributed by atoms with Crippen molar-refractivity contribution in [3.05, 3.63) is 176 Å². The summed E-state index contributed by atoms with van der Waals surface area (Å²) in [6.45, 7) is 0. The van der Waals surface area contributed by atoms with E-state index in [0.717, 1.165) is 60.3 Å². The molecule has 234 valence electrons. The number of para-hydroxylation sites is 4. The van der Waals surface area contributed by atoms with Crippen LogP contribution in [-0.2, 0) is 0 Å². The van der Waals surface area contributed by atoms with Crippen molar-refractivity contribution in [1.82, 2.24) is 24.1 Å². The molecule has 0 amide bonds. The maximum atomic E-state index is 5.30. The van der Waals surface area contributed by atoms with Crippen molar-refractivity contribution in [1.29, 1.82) is 0 Å². The molecule has 10 rings (SSSR count). The summed E-state index contributed by atoms with van der Waals surface area (Å²) in [7, 11) is 0. The average molecular weight is 640 g/mol. The normalized spacial score (nSPS) is 11.6. The number of hydrogen-bond acceptors (Lipinski definition) is 3. The zero-order valence-electron chi connectivity index (χ0n) is 27.0. The molecule has 0 aliphatic carbocycles. The van der Waals surface area contributed by atoms with Crippen molar-refractivity contribution in [2.75, 3.05) is 0 Å². The molecule has 0 N–H and O–H groups in total. The summed E-state index contributed by atoms with van der Waals surface area (Å²) in [5, 5.41) is 4.62. The number of nitrogens with zero attached hydrogens (tertiary/aromatic N) is 5. The number of aromatic nitrogens is 5. The van der Waals surface area contributed by atoms with Crippen molar-refractivity contribution < 1.29 is 0 Å². The zero-order chi connectivity index (χ0) is 33.0. The van der Waals surface area contributed by atoms with Gasteiger partial charge in [0.15, 0.2) is 5.82 Å². The molecule has 0 spiro atoms. The minimum atomic E-state index is 0.568. The lowest BCUT2D eigenvalue weighted by atomic mass is 9.96. The first kappa shape index (κ1) is 28.2. The minimum absolute atomic E-state index is 0.568. The molecule has 0 saturated carbocycles. The predicted octanol–water partition coefficient (Wildman–Crippen LogP) is 11.1. The van der Waals surface area contributed by atoms with Gasteiger partial charge in [-0.15, -0.1) is 0 Å². The number of rotatable bonds is 5. The van der Waals surface area contributed by atoms with E-state index in [9.17, 15) is 0 Å². The summed E-state index contributed by atoms with van der Waals surface area (Å²) in [4.78, 5) is 15.9. The second kappa shape index (κ2) is 11.4. The summed E-state index contributed by atoms with van der Waals surface area (Å²) in [6.07, 6.45) is 0. The standard InChI is InChI=1S/C45H29N5/c1-2-14-30(15-3-1)31-26-28-32(29-27-31)33-16-4-5-21-38(33)43-46-44(49-39-22-10-6-17-34(39)35-18-7-11-23-40(35)49)48-45(47-43)50-41-24-12-8-19-36(41)37-20-9-13-25-42(37)50/h1-29H. The van der Waals surface area contributed by atoms with Gasteiger partial charge in [-0.2, -0.15) is 15.0 Å². The van der Waals surface area contributed by atoms with Crippen LogP contribution >= 0.6 is 0 Å². The van der Waals surface area contributed by atoms with E-state index in [0.29, 0.717) is 17.7 Å². The van der Waals surface area contributed by atoms with Crippen LogP contribution in [0, 0.1) is 0 Å². The lowest BCUT2D eigenvalue weighted by Gasteiger charge is -2.14. The van der Waals surface area contributed by atoms with E-state index in [4.69, 9.17) is 15.0 Å². The Balaban J connectivity index is 1.25. The van der Waals surface area contributed by atoms with Crippen LogP contribution in [0.4, 0.5) is 0 Å². The van der Waals surface area contributed by atoms with Gasteiger partial charge in [0.2, 0.25) is 11.9 Å². The topological polar surface area (TPSA) is 48.5 Å². The van der Waals surface area contributed by atoms with E-state index in [1.807, 2.05) is 6.07 Å². The SMILES string of the molecule is c1ccc(-c2ccc(-c3ccccc3-c3nc(-n4c5ccccc5c5ccccc54)nc(-n4c5ccccc5c5ccccc54)n3)cc2)cc1. The van der Waals surface area contributed by atoms with Crippen molar-refractivity contribution in [2.45, 2.75) is 0 Å². The van der Waals surface area contributed by atoms with Gasteiger partial charge in [0, 0.05) is 27.1 Å². The van der Waals surface area contributed by atoms with Gasteiger partial charge in [0.25, 0.3) is 0 Å². The Hall–Kier alpha value is -6.85. The molecule has 7 aromatic carbocycles. The molecule has 0 fully saturated rings. The summed E-state index contributed by atoms with van der Waals surface area (Å²) < 4.78 is 4.34. The van der Waals surface area contributed by atoms with E-state index >= 15 is 0 Å². The Bertz CT molecular complexity index is 2630. The largest absolute Gasteiger partial charge is 0.278 e. The molecular weight excluding hydrogens is 611 g/mol.